The lowest BCUT2D eigenvalue weighted by Crippen LogP contribution is -2.57. The molecule has 0 saturated heterocycles. The molecule has 0 aromatic carbocycles. The van der Waals surface area contributed by atoms with Crippen LogP contribution in [0.15, 0.2) is 11.4 Å². The zero-order valence-corrected chi connectivity index (χ0v) is 12.0. The first-order chi connectivity index (χ1) is 7.88. The van der Waals surface area contributed by atoms with Gasteiger partial charge >= 0.3 is 0 Å². The molecule has 0 radical (unpaired) electrons. The fourth-order valence-corrected chi connectivity index (χ4v) is 3.05. The van der Waals surface area contributed by atoms with Crippen LogP contribution in [-0.2, 0) is 17.1 Å². The second-order valence-corrected chi connectivity index (χ2v) is 6.93. The number of hydrogen-bond donors (Lipinski definition) is 3. The van der Waals surface area contributed by atoms with E-state index in [-0.39, 0.29) is 10.8 Å². The summed E-state index contributed by atoms with van der Waals surface area (Å²) >= 11 is 0. The smallest absolute Gasteiger partial charge is 0.260 e. The number of imidazole rings is 1. The van der Waals surface area contributed by atoms with E-state index in [0.29, 0.717) is 0 Å². The molecule has 0 aliphatic heterocycles. The summed E-state index contributed by atoms with van der Waals surface area (Å²) in [5, 5.41) is 9.85. The summed E-state index contributed by atoms with van der Waals surface area (Å²) in [5.74, 6) is -0.0726. The lowest BCUT2D eigenvalue weighted by molar-refractivity contribution is 0.00634. The van der Waals surface area contributed by atoms with Crippen LogP contribution in [0.25, 0.3) is 0 Å². The van der Waals surface area contributed by atoms with Gasteiger partial charge in [-0.25, -0.2) is 18.1 Å². The Hall–Kier alpha value is -1.12. The third-order valence-electron chi connectivity index (χ3n) is 3.08. The molecule has 0 aliphatic carbocycles. The summed E-state index contributed by atoms with van der Waals surface area (Å²) in [7, 11) is -2.32. The van der Waals surface area contributed by atoms with Crippen LogP contribution in [-0.4, -0.2) is 34.2 Å². The number of nitrogens with two attached hydrogens (primary N) is 1. The highest BCUT2D eigenvalue weighted by molar-refractivity contribution is 7.89. The number of aryl methyl sites for hydroxylation is 1. The van der Waals surface area contributed by atoms with Crippen molar-refractivity contribution in [3.63, 3.8) is 0 Å². The Morgan fingerprint density at radius 2 is 1.89 bits per heavy atom. The van der Waals surface area contributed by atoms with E-state index < -0.39 is 21.2 Å². The van der Waals surface area contributed by atoms with Crippen LogP contribution in [0.1, 0.15) is 27.7 Å². The van der Waals surface area contributed by atoms with E-state index in [2.05, 4.69) is 9.71 Å². The van der Waals surface area contributed by atoms with Crippen molar-refractivity contribution in [1.82, 2.24) is 14.3 Å². The molecule has 1 rings (SSSR count). The van der Waals surface area contributed by atoms with Crippen LogP contribution < -0.4 is 10.5 Å². The maximum absolute atomic E-state index is 12.2. The zero-order valence-electron chi connectivity index (χ0n) is 11.2. The zero-order chi connectivity index (χ0) is 14.4. The minimum atomic E-state index is -3.85. The first-order valence-electron chi connectivity index (χ1n) is 5.41. The molecule has 1 aromatic rings. The maximum atomic E-state index is 12.2. The van der Waals surface area contributed by atoms with Crippen LogP contribution >= 0.6 is 0 Å². The first-order valence-corrected chi connectivity index (χ1v) is 6.90. The summed E-state index contributed by atoms with van der Waals surface area (Å²) in [4.78, 5) is 3.73. The Balaban J connectivity index is 3.19. The van der Waals surface area contributed by atoms with Crippen molar-refractivity contribution in [1.29, 1.82) is 0 Å². The van der Waals surface area contributed by atoms with Gasteiger partial charge in [0, 0.05) is 7.05 Å². The summed E-state index contributed by atoms with van der Waals surface area (Å²) in [6.07, 6.45) is 1.32. The van der Waals surface area contributed by atoms with Crippen molar-refractivity contribution < 1.29 is 13.5 Å². The third-order valence-corrected chi connectivity index (χ3v) is 4.87. The van der Waals surface area contributed by atoms with Gasteiger partial charge in [0.25, 0.3) is 10.0 Å². The van der Waals surface area contributed by atoms with Crippen LogP contribution in [0.5, 0.6) is 0 Å². The number of sulfonamides is 1. The largest absolute Gasteiger partial charge is 0.389 e. The fraction of sp³-hybridized carbons (Fsp3) is 0.700. The highest BCUT2D eigenvalue weighted by atomic mass is 32.2. The molecule has 0 amide bonds. The number of rotatable bonds is 4. The second-order valence-electron chi connectivity index (χ2n) is 5.34. The van der Waals surface area contributed by atoms with Gasteiger partial charge in [0.2, 0.25) is 0 Å². The van der Waals surface area contributed by atoms with Gasteiger partial charge in [-0.05, 0) is 27.7 Å². The van der Waals surface area contributed by atoms with Crippen LogP contribution in [0, 0.1) is 0 Å². The first kappa shape index (κ1) is 14.9. The van der Waals surface area contributed by atoms with E-state index in [1.54, 1.807) is 13.8 Å². The number of nitrogens with one attached hydrogen (secondary N) is 1. The molecule has 0 aliphatic rings. The normalized spacial score (nSPS) is 13.9. The average molecular weight is 276 g/mol. The molecule has 0 fully saturated rings. The van der Waals surface area contributed by atoms with Gasteiger partial charge in [0.15, 0.2) is 10.8 Å². The van der Waals surface area contributed by atoms with E-state index in [4.69, 9.17) is 5.73 Å². The molecule has 1 heterocycles. The topological polar surface area (TPSA) is 110 Å². The minimum absolute atomic E-state index is 0.0726. The third kappa shape index (κ3) is 2.65. The van der Waals surface area contributed by atoms with E-state index in [0.717, 1.165) is 0 Å². The number of anilines is 1. The number of aromatic nitrogens is 2. The molecule has 0 atom stereocenters. The van der Waals surface area contributed by atoms with E-state index in [1.807, 2.05) is 0 Å². The van der Waals surface area contributed by atoms with E-state index in [9.17, 15) is 13.5 Å². The van der Waals surface area contributed by atoms with Gasteiger partial charge in [-0.15, -0.1) is 0 Å². The van der Waals surface area contributed by atoms with Crippen LogP contribution in [0.3, 0.4) is 0 Å². The molecule has 104 valence electrons. The summed E-state index contributed by atoms with van der Waals surface area (Å²) < 4.78 is 28.2. The molecular formula is C10H20N4O3S. The maximum Gasteiger partial charge on any atom is 0.260 e. The van der Waals surface area contributed by atoms with Crippen molar-refractivity contribution >= 4 is 15.8 Å². The van der Waals surface area contributed by atoms with Crippen LogP contribution in [0.4, 0.5) is 5.82 Å². The molecule has 0 bridgehead atoms. The molecule has 18 heavy (non-hydrogen) atoms. The van der Waals surface area contributed by atoms with Crippen molar-refractivity contribution in [3.05, 3.63) is 6.33 Å². The molecule has 0 saturated carbocycles. The van der Waals surface area contributed by atoms with Gasteiger partial charge in [-0.3, -0.25) is 0 Å². The van der Waals surface area contributed by atoms with Crippen LogP contribution in [0.2, 0.25) is 0 Å². The SMILES string of the molecule is Cn1cnc(N)c1S(=O)(=O)NC(C)(C)C(C)(C)O. The van der Waals surface area contributed by atoms with Gasteiger partial charge in [-0.1, -0.05) is 0 Å². The van der Waals surface area contributed by atoms with Crippen molar-refractivity contribution in [2.45, 2.75) is 43.9 Å². The van der Waals surface area contributed by atoms with Gasteiger partial charge in [-0.2, -0.15) is 0 Å². The standard InChI is InChI=1S/C10H20N4O3S/c1-9(2,10(3,4)15)13-18(16,17)8-7(11)12-6-14(8)5/h6,13,15H,11H2,1-5H3. The molecule has 7 nitrogen and oxygen atoms in total. The van der Waals surface area contributed by atoms with Crippen molar-refractivity contribution in [3.8, 4) is 0 Å². The highest BCUT2D eigenvalue weighted by Gasteiger charge is 2.40. The van der Waals surface area contributed by atoms with Crippen molar-refractivity contribution in [2.24, 2.45) is 7.05 Å². The number of nitrogens with zero attached hydrogens (tertiary/aromatic N) is 2. The van der Waals surface area contributed by atoms with E-state index in [1.165, 1.54) is 31.8 Å². The molecule has 0 spiro atoms. The van der Waals surface area contributed by atoms with Gasteiger partial charge in [0.05, 0.1) is 17.5 Å². The molecule has 0 unspecified atom stereocenters. The molecule has 8 heteroatoms. The summed E-state index contributed by atoms with van der Waals surface area (Å²) in [6.45, 7) is 6.25. The fourth-order valence-electron chi connectivity index (χ4n) is 1.27. The summed E-state index contributed by atoms with van der Waals surface area (Å²) in [6, 6.07) is 0. The van der Waals surface area contributed by atoms with Gasteiger partial charge < -0.3 is 15.4 Å². The Labute approximate surface area is 107 Å². The quantitative estimate of drug-likeness (QED) is 0.707. The Bertz CT molecular complexity index is 520. The average Bonchev–Trinajstić information content (AvgIpc) is 2.42. The molecular weight excluding hydrogens is 256 g/mol. The van der Waals surface area contributed by atoms with Crippen molar-refractivity contribution in [2.75, 3.05) is 5.73 Å². The predicted octanol–water partition coefficient (Wildman–Crippen LogP) is -0.170. The Kier molecular flexibility index (Phi) is 3.50. The number of nitrogen functional groups attached to an aromatic ring is 1. The lowest BCUT2D eigenvalue weighted by atomic mass is 9.87. The molecule has 1 aromatic heterocycles. The van der Waals surface area contributed by atoms with Gasteiger partial charge in [0.1, 0.15) is 0 Å². The molecule has 4 N–H and O–H groups in total. The number of hydrogen-bond acceptors (Lipinski definition) is 5. The second kappa shape index (κ2) is 4.22. The minimum Gasteiger partial charge on any atom is -0.389 e. The Morgan fingerprint density at radius 1 is 1.39 bits per heavy atom. The predicted molar refractivity (Wildman–Crippen MR) is 68.3 cm³/mol. The number of aliphatic hydroxyl groups is 1. The monoisotopic (exact) mass is 276 g/mol. The Morgan fingerprint density at radius 3 is 2.22 bits per heavy atom. The summed E-state index contributed by atoms with van der Waals surface area (Å²) in [5.41, 5.74) is 3.26. The lowest BCUT2D eigenvalue weighted by Gasteiger charge is -2.37. The van der Waals surface area contributed by atoms with E-state index >= 15 is 0 Å². The highest BCUT2D eigenvalue weighted by Crippen LogP contribution is 2.24.